The zero-order valence-electron chi connectivity index (χ0n) is 10.7. The Bertz CT molecular complexity index is 666. The molecule has 2 aromatic rings. The molecule has 1 N–H and O–H groups in total. The Morgan fingerprint density at radius 2 is 2.16 bits per heavy atom. The number of carboxylic acids is 1. The second-order valence-electron chi connectivity index (χ2n) is 5.83. The molecule has 2 aliphatic rings. The molecule has 0 amide bonds. The summed E-state index contributed by atoms with van der Waals surface area (Å²) in [7, 11) is 0. The van der Waals surface area contributed by atoms with Crippen molar-refractivity contribution in [1.29, 1.82) is 0 Å². The van der Waals surface area contributed by atoms with E-state index < -0.39 is 11.4 Å². The smallest absolute Gasteiger partial charge is 0.314 e. The zero-order chi connectivity index (χ0) is 13.0. The summed E-state index contributed by atoms with van der Waals surface area (Å²) < 4.78 is 2.22. The van der Waals surface area contributed by atoms with Crippen molar-refractivity contribution in [3.8, 4) is 0 Å². The number of hydrogen-bond acceptors (Lipinski definition) is 2. The number of hydrogen-bond donors (Lipinski definition) is 1. The standard InChI is InChI=1S/C15H16N2O2/c18-14(19)15(6-1-7-15)10-2-5-13-12(8-10)16-9-17(13)11-3-4-11/h2,5,8-9,11H,1,3-4,6-7H2,(H,18,19). The van der Waals surface area contributed by atoms with E-state index in [0.717, 1.165) is 35.9 Å². The first kappa shape index (κ1) is 11.0. The van der Waals surface area contributed by atoms with Gasteiger partial charge in [0.15, 0.2) is 0 Å². The lowest BCUT2D eigenvalue weighted by Gasteiger charge is -2.38. The lowest BCUT2D eigenvalue weighted by molar-refractivity contribution is -0.147. The van der Waals surface area contributed by atoms with Crippen molar-refractivity contribution in [3.63, 3.8) is 0 Å². The molecule has 0 spiro atoms. The molecule has 98 valence electrons. The highest BCUT2D eigenvalue weighted by molar-refractivity contribution is 5.85. The average molecular weight is 256 g/mol. The van der Waals surface area contributed by atoms with Crippen molar-refractivity contribution >= 4 is 17.0 Å². The highest BCUT2D eigenvalue weighted by atomic mass is 16.4. The van der Waals surface area contributed by atoms with Gasteiger partial charge in [0.05, 0.1) is 22.8 Å². The molecular formula is C15H16N2O2. The Kier molecular flexibility index (Phi) is 2.08. The predicted octanol–water partition coefficient (Wildman–Crippen LogP) is 2.88. The zero-order valence-corrected chi connectivity index (χ0v) is 10.7. The van der Waals surface area contributed by atoms with Crippen LogP contribution in [0.3, 0.4) is 0 Å². The highest BCUT2D eigenvalue weighted by Crippen LogP contribution is 2.45. The first-order chi connectivity index (χ1) is 9.21. The van der Waals surface area contributed by atoms with Gasteiger partial charge in [-0.1, -0.05) is 12.5 Å². The van der Waals surface area contributed by atoms with E-state index in [9.17, 15) is 9.90 Å². The summed E-state index contributed by atoms with van der Waals surface area (Å²) in [6.07, 6.45) is 6.84. The van der Waals surface area contributed by atoms with Crippen LogP contribution in [0.25, 0.3) is 11.0 Å². The van der Waals surface area contributed by atoms with Gasteiger partial charge in [-0.2, -0.15) is 0 Å². The maximum Gasteiger partial charge on any atom is 0.314 e. The van der Waals surface area contributed by atoms with E-state index >= 15 is 0 Å². The van der Waals surface area contributed by atoms with Crippen LogP contribution < -0.4 is 0 Å². The van der Waals surface area contributed by atoms with Gasteiger partial charge in [-0.15, -0.1) is 0 Å². The van der Waals surface area contributed by atoms with Crippen LogP contribution in [0.15, 0.2) is 24.5 Å². The summed E-state index contributed by atoms with van der Waals surface area (Å²) in [5.74, 6) is -0.695. The Balaban J connectivity index is 1.82. The number of carbonyl (C=O) groups is 1. The molecule has 0 atom stereocenters. The summed E-state index contributed by atoms with van der Waals surface area (Å²) >= 11 is 0. The molecular weight excluding hydrogens is 240 g/mol. The van der Waals surface area contributed by atoms with Gasteiger partial charge < -0.3 is 9.67 Å². The maximum absolute atomic E-state index is 11.5. The number of nitrogens with zero attached hydrogens (tertiary/aromatic N) is 2. The molecule has 0 bridgehead atoms. The van der Waals surface area contributed by atoms with E-state index in [2.05, 4.69) is 9.55 Å². The van der Waals surface area contributed by atoms with Gasteiger partial charge in [0, 0.05) is 6.04 Å². The minimum atomic E-state index is -0.695. The fourth-order valence-corrected chi connectivity index (χ4v) is 3.13. The third kappa shape index (κ3) is 1.46. The summed E-state index contributed by atoms with van der Waals surface area (Å²) in [4.78, 5) is 16.0. The number of aliphatic carboxylic acids is 1. The van der Waals surface area contributed by atoms with Crippen molar-refractivity contribution < 1.29 is 9.90 Å². The van der Waals surface area contributed by atoms with E-state index in [4.69, 9.17) is 0 Å². The summed E-state index contributed by atoms with van der Waals surface area (Å²) in [6.45, 7) is 0. The Morgan fingerprint density at radius 3 is 2.74 bits per heavy atom. The summed E-state index contributed by atoms with van der Waals surface area (Å²) in [5.41, 5.74) is 2.32. The molecule has 0 saturated heterocycles. The van der Waals surface area contributed by atoms with Crippen LogP contribution in [0.1, 0.15) is 43.7 Å². The predicted molar refractivity (Wildman–Crippen MR) is 71.2 cm³/mol. The van der Waals surface area contributed by atoms with Crippen LogP contribution in [-0.2, 0) is 10.2 Å². The molecule has 4 heteroatoms. The van der Waals surface area contributed by atoms with Gasteiger partial charge >= 0.3 is 5.97 Å². The Morgan fingerprint density at radius 1 is 1.37 bits per heavy atom. The summed E-state index contributed by atoms with van der Waals surface area (Å²) in [6, 6.07) is 6.60. The van der Waals surface area contributed by atoms with Crippen LogP contribution >= 0.6 is 0 Å². The largest absolute Gasteiger partial charge is 0.481 e. The molecule has 19 heavy (non-hydrogen) atoms. The van der Waals surface area contributed by atoms with Gasteiger partial charge in [0.25, 0.3) is 0 Å². The second-order valence-corrected chi connectivity index (χ2v) is 5.83. The van der Waals surface area contributed by atoms with E-state index in [1.54, 1.807) is 0 Å². The third-order valence-electron chi connectivity index (χ3n) is 4.68. The first-order valence-electron chi connectivity index (χ1n) is 6.91. The number of fused-ring (bicyclic) bond motifs is 1. The molecule has 4 rings (SSSR count). The molecule has 1 aromatic heterocycles. The number of aromatic nitrogens is 2. The average Bonchev–Trinajstić information content (AvgIpc) is 3.08. The van der Waals surface area contributed by atoms with Crippen molar-refractivity contribution in [2.24, 2.45) is 0 Å². The normalized spacial score (nSPS) is 21.3. The molecule has 2 fully saturated rings. The van der Waals surface area contributed by atoms with Gasteiger partial charge in [0.2, 0.25) is 0 Å². The minimum absolute atomic E-state index is 0.605. The lowest BCUT2D eigenvalue weighted by atomic mass is 9.64. The Hall–Kier alpha value is -1.84. The summed E-state index contributed by atoms with van der Waals surface area (Å²) in [5, 5.41) is 9.49. The second kappa shape index (κ2) is 3.59. The van der Waals surface area contributed by atoms with Gasteiger partial charge in [-0.25, -0.2) is 4.98 Å². The number of benzene rings is 1. The molecule has 0 radical (unpaired) electrons. The lowest BCUT2D eigenvalue weighted by Crippen LogP contribution is -2.42. The van der Waals surface area contributed by atoms with Crippen molar-refractivity contribution in [2.45, 2.75) is 43.6 Å². The minimum Gasteiger partial charge on any atom is -0.481 e. The van der Waals surface area contributed by atoms with Crippen LogP contribution in [0.5, 0.6) is 0 Å². The number of rotatable bonds is 3. The van der Waals surface area contributed by atoms with Crippen molar-refractivity contribution in [1.82, 2.24) is 9.55 Å². The van der Waals surface area contributed by atoms with Crippen LogP contribution in [0.4, 0.5) is 0 Å². The fourth-order valence-electron chi connectivity index (χ4n) is 3.13. The molecule has 2 saturated carbocycles. The van der Waals surface area contributed by atoms with E-state index in [-0.39, 0.29) is 0 Å². The van der Waals surface area contributed by atoms with E-state index in [0.29, 0.717) is 6.04 Å². The van der Waals surface area contributed by atoms with Crippen molar-refractivity contribution in [2.75, 3.05) is 0 Å². The van der Waals surface area contributed by atoms with Crippen LogP contribution in [-0.4, -0.2) is 20.6 Å². The number of imidazole rings is 1. The third-order valence-corrected chi connectivity index (χ3v) is 4.68. The molecule has 1 aromatic carbocycles. The van der Waals surface area contributed by atoms with Crippen molar-refractivity contribution in [3.05, 3.63) is 30.1 Å². The Labute approximate surface area is 111 Å². The SMILES string of the molecule is O=C(O)C1(c2ccc3c(c2)ncn3C2CC2)CCC1. The maximum atomic E-state index is 11.5. The molecule has 0 aliphatic heterocycles. The number of carboxylic acid groups (broad SMARTS) is 1. The first-order valence-corrected chi connectivity index (χ1v) is 6.91. The topological polar surface area (TPSA) is 55.1 Å². The highest BCUT2D eigenvalue weighted by Gasteiger charge is 2.46. The van der Waals surface area contributed by atoms with E-state index in [1.165, 1.54) is 12.8 Å². The fraction of sp³-hybridized carbons (Fsp3) is 0.467. The molecule has 2 aliphatic carbocycles. The monoisotopic (exact) mass is 256 g/mol. The molecule has 4 nitrogen and oxygen atoms in total. The van der Waals surface area contributed by atoms with Gasteiger partial charge in [-0.05, 0) is 43.4 Å². The van der Waals surface area contributed by atoms with Crippen LogP contribution in [0, 0.1) is 0 Å². The van der Waals surface area contributed by atoms with E-state index in [1.807, 2.05) is 24.5 Å². The van der Waals surface area contributed by atoms with Gasteiger partial charge in [0.1, 0.15) is 0 Å². The quantitative estimate of drug-likeness (QED) is 0.918. The molecule has 0 unspecified atom stereocenters. The van der Waals surface area contributed by atoms with Crippen LogP contribution in [0.2, 0.25) is 0 Å². The molecule has 1 heterocycles. The van der Waals surface area contributed by atoms with Gasteiger partial charge in [-0.3, -0.25) is 4.79 Å².